The molecule has 3 nitrogen and oxygen atoms in total. The number of nitrogens with two attached hydrogens (primary N) is 1. The third-order valence-corrected chi connectivity index (χ3v) is 4.03. The second kappa shape index (κ2) is 7.51. The van der Waals surface area contributed by atoms with Gasteiger partial charge in [0, 0.05) is 6.61 Å². The van der Waals surface area contributed by atoms with Crippen molar-refractivity contribution < 1.29 is 9.84 Å². The normalized spacial score (nSPS) is 14.2. The molecule has 108 valence electrons. The van der Waals surface area contributed by atoms with E-state index < -0.39 is 0 Å². The molecule has 3 N–H and O–H groups in total. The van der Waals surface area contributed by atoms with Crippen LogP contribution in [0.25, 0.3) is 0 Å². The summed E-state index contributed by atoms with van der Waals surface area (Å²) in [7, 11) is 0. The van der Waals surface area contributed by atoms with Gasteiger partial charge in [-0.05, 0) is 68.3 Å². The first kappa shape index (κ1) is 16.0. The number of aliphatic hydroxyl groups excluding tert-OH is 1. The molecule has 1 aromatic rings. The number of rotatable bonds is 7. The highest BCUT2D eigenvalue weighted by molar-refractivity contribution is 5.43. The summed E-state index contributed by atoms with van der Waals surface area (Å²) in [6.07, 6.45) is 0.946. The lowest BCUT2D eigenvalue weighted by atomic mass is 9.86. The molecular weight excluding hydrogens is 238 g/mol. The van der Waals surface area contributed by atoms with Crippen LogP contribution in [0.1, 0.15) is 30.5 Å². The fourth-order valence-electron chi connectivity index (χ4n) is 2.39. The summed E-state index contributed by atoms with van der Waals surface area (Å²) < 4.78 is 5.61. The topological polar surface area (TPSA) is 55.5 Å². The van der Waals surface area contributed by atoms with Crippen LogP contribution in [0.2, 0.25) is 0 Å². The van der Waals surface area contributed by atoms with Crippen LogP contribution in [-0.4, -0.2) is 24.9 Å². The highest BCUT2D eigenvalue weighted by Gasteiger charge is 2.17. The molecular formula is C16H27NO2. The largest absolute Gasteiger partial charge is 0.494 e. The summed E-state index contributed by atoms with van der Waals surface area (Å²) in [5.74, 6) is 1.52. The maximum Gasteiger partial charge on any atom is 0.122 e. The zero-order valence-corrected chi connectivity index (χ0v) is 12.6. The lowest BCUT2D eigenvalue weighted by molar-refractivity contribution is 0.187. The molecule has 1 aromatic carbocycles. The van der Waals surface area contributed by atoms with Crippen LogP contribution in [0.15, 0.2) is 12.1 Å². The van der Waals surface area contributed by atoms with Gasteiger partial charge in [0.2, 0.25) is 0 Å². The second-order valence-corrected chi connectivity index (χ2v) is 5.27. The number of ether oxygens (including phenoxy) is 1. The van der Waals surface area contributed by atoms with Crippen LogP contribution in [0, 0.1) is 25.7 Å². The van der Waals surface area contributed by atoms with E-state index in [4.69, 9.17) is 10.5 Å². The Balaban J connectivity index is 2.88. The van der Waals surface area contributed by atoms with Crippen LogP contribution in [-0.2, 0) is 6.42 Å². The maximum absolute atomic E-state index is 9.31. The molecule has 0 radical (unpaired) electrons. The second-order valence-electron chi connectivity index (χ2n) is 5.27. The van der Waals surface area contributed by atoms with Gasteiger partial charge in [0.05, 0.1) is 6.61 Å². The first-order valence-electron chi connectivity index (χ1n) is 7.07. The summed E-state index contributed by atoms with van der Waals surface area (Å²) >= 11 is 0. The summed E-state index contributed by atoms with van der Waals surface area (Å²) in [6, 6.07) is 4.18. The molecule has 0 aliphatic rings. The van der Waals surface area contributed by atoms with Crippen molar-refractivity contribution in [2.75, 3.05) is 19.8 Å². The molecule has 19 heavy (non-hydrogen) atoms. The van der Waals surface area contributed by atoms with Crippen molar-refractivity contribution in [3.8, 4) is 5.75 Å². The van der Waals surface area contributed by atoms with Crippen molar-refractivity contribution in [3.05, 3.63) is 28.8 Å². The van der Waals surface area contributed by atoms with Crippen LogP contribution >= 0.6 is 0 Å². The Bertz CT molecular complexity index is 400. The molecule has 1 rings (SSSR count). The highest BCUT2D eigenvalue weighted by Crippen LogP contribution is 2.27. The van der Waals surface area contributed by atoms with E-state index in [0.29, 0.717) is 19.1 Å². The predicted molar refractivity (Wildman–Crippen MR) is 79.6 cm³/mol. The molecule has 0 bridgehead atoms. The highest BCUT2D eigenvalue weighted by atomic mass is 16.5. The molecule has 0 amide bonds. The molecule has 0 aliphatic carbocycles. The fourth-order valence-corrected chi connectivity index (χ4v) is 2.39. The molecule has 2 atom stereocenters. The van der Waals surface area contributed by atoms with Gasteiger partial charge in [0.1, 0.15) is 5.75 Å². The number of hydrogen-bond acceptors (Lipinski definition) is 3. The molecule has 0 saturated carbocycles. The minimum atomic E-state index is 0.159. The van der Waals surface area contributed by atoms with E-state index >= 15 is 0 Å². The molecule has 3 heteroatoms. The van der Waals surface area contributed by atoms with Gasteiger partial charge in [-0.2, -0.15) is 0 Å². The van der Waals surface area contributed by atoms with E-state index in [2.05, 4.69) is 26.8 Å². The first-order chi connectivity index (χ1) is 9.04. The third kappa shape index (κ3) is 3.95. The Kier molecular flexibility index (Phi) is 6.32. The Hall–Kier alpha value is -1.06. The predicted octanol–water partition coefficient (Wildman–Crippen LogP) is 2.45. The average molecular weight is 265 g/mol. The van der Waals surface area contributed by atoms with Gasteiger partial charge in [0.15, 0.2) is 0 Å². The molecule has 0 heterocycles. The maximum atomic E-state index is 9.31. The van der Waals surface area contributed by atoms with E-state index in [9.17, 15) is 5.11 Å². The van der Waals surface area contributed by atoms with Crippen molar-refractivity contribution in [2.45, 2.75) is 34.1 Å². The summed E-state index contributed by atoms with van der Waals surface area (Å²) in [5.41, 5.74) is 9.50. The minimum absolute atomic E-state index is 0.159. The first-order valence-corrected chi connectivity index (χ1v) is 7.07. The average Bonchev–Trinajstić information content (AvgIpc) is 2.40. The Morgan fingerprint density at radius 2 is 1.95 bits per heavy atom. The lowest BCUT2D eigenvalue weighted by Crippen LogP contribution is -2.26. The minimum Gasteiger partial charge on any atom is -0.494 e. The van der Waals surface area contributed by atoms with Gasteiger partial charge in [-0.1, -0.05) is 13.0 Å². The van der Waals surface area contributed by atoms with Crippen LogP contribution in [0.5, 0.6) is 5.75 Å². The molecule has 0 fully saturated rings. The van der Waals surface area contributed by atoms with Gasteiger partial charge >= 0.3 is 0 Å². The molecule has 0 aromatic heterocycles. The van der Waals surface area contributed by atoms with E-state index in [1.165, 1.54) is 16.7 Å². The Labute approximate surface area is 116 Å². The summed E-state index contributed by atoms with van der Waals surface area (Å²) in [5, 5.41) is 9.31. The van der Waals surface area contributed by atoms with Crippen molar-refractivity contribution in [3.63, 3.8) is 0 Å². The van der Waals surface area contributed by atoms with Crippen molar-refractivity contribution in [2.24, 2.45) is 17.6 Å². The van der Waals surface area contributed by atoms with E-state index in [0.717, 1.165) is 12.2 Å². The van der Waals surface area contributed by atoms with Crippen LogP contribution in [0.3, 0.4) is 0 Å². The number of benzene rings is 1. The van der Waals surface area contributed by atoms with Gasteiger partial charge in [0.25, 0.3) is 0 Å². The number of aliphatic hydroxyl groups is 1. The molecule has 0 saturated heterocycles. The standard InChI is InChI=1S/C16H27NO2/c1-5-19-16-7-6-14(12(3)13(16)4)8-11(2)15(9-17)10-18/h6-7,11,15,18H,5,8-10,17H2,1-4H3. The van der Waals surface area contributed by atoms with Crippen molar-refractivity contribution in [1.82, 2.24) is 0 Å². The zero-order valence-electron chi connectivity index (χ0n) is 12.6. The Morgan fingerprint density at radius 1 is 1.26 bits per heavy atom. The Morgan fingerprint density at radius 3 is 2.47 bits per heavy atom. The van der Waals surface area contributed by atoms with Crippen molar-refractivity contribution >= 4 is 0 Å². The van der Waals surface area contributed by atoms with E-state index in [1.54, 1.807) is 0 Å². The SMILES string of the molecule is CCOc1ccc(CC(C)C(CN)CO)c(C)c1C. The van der Waals surface area contributed by atoms with Gasteiger partial charge < -0.3 is 15.6 Å². The van der Waals surface area contributed by atoms with E-state index in [1.807, 2.05) is 13.0 Å². The smallest absolute Gasteiger partial charge is 0.122 e. The zero-order chi connectivity index (χ0) is 14.4. The number of hydrogen-bond donors (Lipinski definition) is 2. The monoisotopic (exact) mass is 265 g/mol. The van der Waals surface area contributed by atoms with Crippen LogP contribution in [0.4, 0.5) is 0 Å². The fraction of sp³-hybridized carbons (Fsp3) is 0.625. The van der Waals surface area contributed by atoms with Crippen molar-refractivity contribution in [1.29, 1.82) is 0 Å². The molecule has 2 unspecified atom stereocenters. The summed E-state index contributed by atoms with van der Waals surface area (Å²) in [6.45, 7) is 9.77. The lowest BCUT2D eigenvalue weighted by Gasteiger charge is -2.22. The summed E-state index contributed by atoms with van der Waals surface area (Å²) in [4.78, 5) is 0. The molecule has 0 aliphatic heterocycles. The van der Waals surface area contributed by atoms with Gasteiger partial charge in [-0.25, -0.2) is 0 Å². The van der Waals surface area contributed by atoms with Gasteiger partial charge in [-0.15, -0.1) is 0 Å². The van der Waals surface area contributed by atoms with Gasteiger partial charge in [-0.3, -0.25) is 0 Å². The third-order valence-electron chi connectivity index (χ3n) is 4.03. The molecule has 0 spiro atoms. The van der Waals surface area contributed by atoms with E-state index in [-0.39, 0.29) is 12.5 Å². The van der Waals surface area contributed by atoms with Crippen LogP contribution < -0.4 is 10.5 Å². The quantitative estimate of drug-likeness (QED) is 0.796.